The fraction of sp³-hybridized carbons (Fsp3) is 0.565. The molecule has 2 heterocycles. The van der Waals surface area contributed by atoms with E-state index in [-0.39, 0.29) is 16.6 Å². The zero-order valence-electron chi connectivity index (χ0n) is 18.4. The van der Waals surface area contributed by atoms with Gasteiger partial charge in [-0.15, -0.1) is 0 Å². The summed E-state index contributed by atoms with van der Waals surface area (Å²) in [5.41, 5.74) is 1.06. The molecule has 8 nitrogen and oxygen atoms in total. The van der Waals surface area contributed by atoms with Crippen molar-refractivity contribution in [3.8, 4) is 0 Å². The molecule has 2 N–H and O–H groups in total. The van der Waals surface area contributed by atoms with Gasteiger partial charge < -0.3 is 20.1 Å². The predicted octanol–water partition coefficient (Wildman–Crippen LogP) is 1.46. The molecule has 1 aliphatic carbocycles. The van der Waals surface area contributed by atoms with E-state index in [4.69, 9.17) is 9.47 Å². The first-order valence-electron chi connectivity index (χ1n) is 11.0. The largest absolute Gasteiger partial charge is 0.370 e. The maximum atomic E-state index is 13.3. The molecule has 0 bridgehead atoms. The molecule has 3 aliphatic rings. The van der Waals surface area contributed by atoms with E-state index in [0.29, 0.717) is 31.7 Å². The van der Waals surface area contributed by atoms with Crippen molar-refractivity contribution in [2.75, 3.05) is 26.0 Å². The Labute approximate surface area is 188 Å². The van der Waals surface area contributed by atoms with Gasteiger partial charge in [0.25, 0.3) is 0 Å². The number of ketones is 1. The molecule has 1 amide bonds. The first-order valence-corrected chi connectivity index (χ1v) is 12.9. The number of Topliss-reactive ketones (excluding diaryl/α,β-unsaturated/α-hetero) is 1. The summed E-state index contributed by atoms with van der Waals surface area (Å²) >= 11 is 0. The number of rotatable bonds is 8. The lowest BCUT2D eigenvalue weighted by atomic mass is 9.93. The van der Waals surface area contributed by atoms with E-state index in [9.17, 15) is 18.0 Å². The summed E-state index contributed by atoms with van der Waals surface area (Å²) in [6.45, 7) is 3.05. The number of sulfone groups is 1. The number of hydrogen-bond donors (Lipinski definition) is 2. The van der Waals surface area contributed by atoms with Crippen LogP contribution in [0.2, 0.25) is 0 Å². The van der Waals surface area contributed by atoms with Gasteiger partial charge in [0, 0.05) is 12.8 Å². The fourth-order valence-corrected chi connectivity index (χ4v) is 4.93. The minimum absolute atomic E-state index is 0.107. The van der Waals surface area contributed by atoms with Crippen LogP contribution >= 0.6 is 0 Å². The molecule has 2 saturated heterocycles. The van der Waals surface area contributed by atoms with Crippen molar-refractivity contribution in [1.82, 2.24) is 10.6 Å². The van der Waals surface area contributed by atoms with Gasteiger partial charge in [0.15, 0.2) is 15.6 Å². The summed E-state index contributed by atoms with van der Waals surface area (Å²) in [5.74, 6) is -0.424. The molecule has 0 aromatic heterocycles. The van der Waals surface area contributed by atoms with Gasteiger partial charge in [0.2, 0.25) is 5.91 Å². The molecule has 0 saturated carbocycles. The molecule has 4 unspecified atom stereocenters. The second kappa shape index (κ2) is 9.05. The number of epoxide rings is 1. The van der Waals surface area contributed by atoms with E-state index >= 15 is 0 Å². The van der Waals surface area contributed by atoms with Crippen molar-refractivity contribution in [3.05, 3.63) is 41.5 Å². The predicted molar refractivity (Wildman–Crippen MR) is 118 cm³/mol. The number of benzene rings is 1. The second-order valence-corrected chi connectivity index (χ2v) is 11.0. The third-order valence-electron chi connectivity index (χ3n) is 6.32. The van der Waals surface area contributed by atoms with Crippen molar-refractivity contribution in [2.45, 2.75) is 61.3 Å². The molecule has 4 rings (SSSR count). The zero-order valence-corrected chi connectivity index (χ0v) is 19.2. The third-order valence-corrected chi connectivity index (χ3v) is 7.45. The van der Waals surface area contributed by atoms with E-state index in [2.05, 4.69) is 16.7 Å². The maximum Gasteiger partial charge on any atom is 0.240 e. The summed E-state index contributed by atoms with van der Waals surface area (Å²) < 4.78 is 34.7. The van der Waals surface area contributed by atoms with E-state index < -0.39 is 33.6 Å². The molecule has 4 atom stereocenters. The third kappa shape index (κ3) is 5.11. The number of hydrogen-bond acceptors (Lipinski definition) is 7. The van der Waals surface area contributed by atoms with Gasteiger partial charge in [-0.1, -0.05) is 23.8 Å². The molecular weight excluding hydrogens is 432 g/mol. The van der Waals surface area contributed by atoms with E-state index in [1.807, 2.05) is 0 Å². The smallest absolute Gasteiger partial charge is 0.240 e. The normalized spacial score (nSPS) is 28.6. The van der Waals surface area contributed by atoms with Gasteiger partial charge in [-0.25, -0.2) is 8.42 Å². The van der Waals surface area contributed by atoms with Crippen molar-refractivity contribution in [3.63, 3.8) is 0 Å². The number of ether oxygens (including phenoxy) is 2. The van der Waals surface area contributed by atoms with Crippen LogP contribution in [0.3, 0.4) is 0 Å². The average Bonchev–Trinajstić information content (AvgIpc) is 3.31. The summed E-state index contributed by atoms with van der Waals surface area (Å²) in [7, 11) is -3.32. The van der Waals surface area contributed by atoms with Crippen LogP contribution in [0.25, 0.3) is 0 Å². The van der Waals surface area contributed by atoms with Crippen molar-refractivity contribution >= 4 is 21.5 Å². The van der Waals surface area contributed by atoms with Crippen LogP contribution in [0.4, 0.5) is 0 Å². The molecule has 0 radical (unpaired) electrons. The Morgan fingerprint density at radius 3 is 2.59 bits per heavy atom. The van der Waals surface area contributed by atoms with Crippen LogP contribution in [-0.4, -0.2) is 63.8 Å². The Morgan fingerprint density at radius 2 is 2.00 bits per heavy atom. The highest BCUT2D eigenvalue weighted by Gasteiger charge is 2.50. The van der Waals surface area contributed by atoms with E-state index in [0.717, 1.165) is 25.5 Å². The Balaban J connectivity index is 1.51. The summed E-state index contributed by atoms with van der Waals surface area (Å²) in [6, 6.07) is 5.01. The Hall–Kier alpha value is -2.07. The summed E-state index contributed by atoms with van der Waals surface area (Å²) in [4.78, 5) is 26.5. The molecule has 32 heavy (non-hydrogen) atoms. The highest BCUT2D eigenvalue weighted by atomic mass is 32.2. The Kier molecular flexibility index (Phi) is 6.53. The molecular formula is C23H30N2O6S. The van der Waals surface area contributed by atoms with Gasteiger partial charge in [0.1, 0.15) is 17.7 Å². The van der Waals surface area contributed by atoms with E-state index in [1.165, 1.54) is 17.7 Å². The molecule has 174 valence electrons. The van der Waals surface area contributed by atoms with Crippen LogP contribution in [0, 0.1) is 0 Å². The fourth-order valence-electron chi connectivity index (χ4n) is 4.30. The van der Waals surface area contributed by atoms with Crippen LogP contribution in [0.15, 0.2) is 40.8 Å². The molecule has 2 aliphatic heterocycles. The van der Waals surface area contributed by atoms with Crippen molar-refractivity contribution in [1.29, 1.82) is 0 Å². The minimum Gasteiger partial charge on any atom is -0.370 e. The van der Waals surface area contributed by atoms with Gasteiger partial charge in [0.05, 0.1) is 24.2 Å². The lowest BCUT2D eigenvalue weighted by molar-refractivity contribution is -0.135. The Morgan fingerprint density at radius 1 is 1.28 bits per heavy atom. The summed E-state index contributed by atoms with van der Waals surface area (Å²) in [6.07, 6.45) is 6.21. The summed E-state index contributed by atoms with van der Waals surface area (Å²) in [5, 5.41) is 6.14. The second-order valence-electron chi connectivity index (χ2n) is 8.97. The molecule has 1 aromatic carbocycles. The van der Waals surface area contributed by atoms with Gasteiger partial charge in [-0.2, -0.15) is 0 Å². The quantitative estimate of drug-likeness (QED) is 0.444. The first-order chi connectivity index (χ1) is 15.2. The standard InChI is InChI=1S/C23H30N2O6S/c1-23(14-31-23)21(26)18(13-15-5-3-4-6-15)25-22(27)19-20(30-12-11-24-19)16-7-9-17(10-8-16)32(2,28)29/h5,7-10,18-20,24H,3-4,6,11-14H2,1-2H3,(H,25,27). The molecule has 2 fully saturated rings. The lowest BCUT2D eigenvalue weighted by Gasteiger charge is -2.33. The minimum atomic E-state index is -3.32. The number of nitrogens with one attached hydrogen (secondary N) is 2. The van der Waals surface area contributed by atoms with Gasteiger partial charge in [-0.3, -0.25) is 9.59 Å². The maximum absolute atomic E-state index is 13.3. The highest BCUT2D eigenvalue weighted by molar-refractivity contribution is 7.90. The number of allylic oxidation sites excluding steroid dienone is 1. The Bertz CT molecular complexity index is 1010. The first kappa shape index (κ1) is 23.1. The van der Waals surface area contributed by atoms with Crippen LogP contribution in [-0.2, 0) is 28.9 Å². The molecule has 9 heteroatoms. The SMILES string of the molecule is CC1(C(=O)C(CC2=CCCC2)NC(=O)C2NCCOC2c2ccc(S(C)(=O)=O)cc2)CO1. The van der Waals surface area contributed by atoms with Crippen molar-refractivity contribution < 1.29 is 27.5 Å². The van der Waals surface area contributed by atoms with Crippen LogP contribution < -0.4 is 10.6 Å². The van der Waals surface area contributed by atoms with Gasteiger partial charge >= 0.3 is 0 Å². The van der Waals surface area contributed by atoms with Crippen molar-refractivity contribution in [2.24, 2.45) is 0 Å². The van der Waals surface area contributed by atoms with Gasteiger partial charge in [-0.05, 0) is 50.3 Å². The highest BCUT2D eigenvalue weighted by Crippen LogP contribution is 2.32. The number of morpholine rings is 1. The lowest BCUT2D eigenvalue weighted by Crippen LogP contribution is -2.57. The zero-order chi connectivity index (χ0) is 22.9. The average molecular weight is 463 g/mol. The molecule has 0 spiro atoms. The number of carbonyl (C=O) groups excluding carboxylic acids is 2. The monoisotopic (exact) mass is 462 g/mol. The number of amides is 1. The number of carbonyl (C=O) groups is 2. The molecule has 1 aromatic rings. The topological polar surface area (TPSA) is 114 Å². The van der Waals surface area contributed by atoms with E-state index in [1.54, 1.807) is 19.1 Å². The van der Waals surface area contributed by atoms with Crippen LogP contribution in [0.5, 0.6) is 0 Å². The van der Waals surface area contributed by atoms with Crippen LogP contribution in [0.1, 0.15) is 44.3 Å².